The van der Waals surface area contributed by atoms with Gasteiger partial charge in [-0.3, -0.25) is 0 Å². The van der Waals surface area contributed by atoms with E-state index in [1.807, 2.05) is 52.0 Å². The Morgan fingerprint density at radius 2 is 1.71 bits per heavy atom. The van der Waals surface area contributed by atoms with Crippen molar-refractivity contribution >= 4 is 12.6 Å². The highest BCUT2D eigenvalue weighted by atomic mass is 16.7. The number of hydrogen-bond acceptors (Lipinski definition) is 4. The summed E-state index contributed by atoms with van der Waals surface area (Å²) >= 11 is 0. The summed E-state index contributed by atoms with van der Waals surface area (Å²) in [6.45, 7) is 11.8. The number of rotatable bonds is 4. The summed E-state index contributed by atoms with van der Waals surface area (Å²) < 4.78 is 17.7. The van der Waals surface area contributed by atoms with Crippen LogP contribution in [0.5, 0.6) is 5.75 Å². The van der Waals surface area contributed by atoms with Crippen molar-refractivity contribution in [2.24, 2.45) is 0 Å². The van der Waals surface area contributed by atoms with Gasteiger partial charge in [0, 0.05) is 0 Å². The van der Waals surface area contributed by atoms with E-state index in [4.69, 9.17) is 14.0 Å². The predicted octanol–water partition coefficient (Wildman–Crippen LogP) is 2.14. The Morgan fingerprint density at radius 1 is 1.14 bits per heavy atom. The van der Waals surface area contributed by atoms with Crippen LogP contribution in [0, 0.1) is 0 Å². The van der Waals surface area contributed by atoms with E-state index in [0.29, 0.717) is 5.75 Å². The molecule has 21 heavy (non-hydrogen) atoms. The molecule has 2 rings (SSSR count). The average Bonchev–Trinajstić information content (AvgIpc) is 2.56. The summed E-state index contributed by atoms with van der Waals surface area (Å²) in [4.78, 5) is 0. The smallest absolute Gasteiger partial charge is 0.491 e. The van der Waals surface area contributed by atoms with E-state index >= 15 is 0 Å². The minimum Gasteiger partial charge on any atom is -0.491 e. The molecule has 1 N–H and O–H groups in total. The van der Waals surface area contributed by atoms with Gasteiger partial charge in [0.2, 0.25) is 0 Å². The third-order valence-corrected chi connectivity index (χ3v) is 3.98. The zero-order chi connectivity index (χ0) is 15.9. The summed E-state index contributed by atoms with van der Waals surface area (Å²) in [5, 5.41) is 9.72. The molecule has 1 aromatic carbocycles. The summed E-state index contributed by atoms with van der Waals surface area (Å²) in [5.41, 5.74) is -0.661. The Hall–Kier alpha value is -1.04. The molecule has 0 aromatic heterocycles. The van der Waals surface area contributed by atoms with Gasteiger partial charge < -0.3 is 19.2 Å². The fraction of sp³-hybridized carbons (Fsp3) is 0.625. The SMILES string of the molecule is CC(C)(O)COc1cccc(B2OC(C)(C)C(C)(C)O2)c1. The second kappa shape index (κ2) is 5.31. The zero-order valence-corrected chi connectivity index (χ0v) is 13.8. The monoisotopic (exact) mass is 292 g/mol. The quantitative estimate of drug-likeness (QED) is 0.864. The second-order valence-corrected chi connectivity index (χ2v) is 7.26. The second-order valence-electron chi connectivity index (χ2n) is 7.26. The van der Waals surface area contributed by atoms with Crippen molar-refractivity contribution in [2.45, 2.75) is 58.3 Å². The van der Waals surface area contributed by atoms with Crippen molar-refractivity contribution in [1.29, 1.82) is 0 Å². The first-order valence-corrected chi connectivity index (χ1v) is 7.31. The average molecular weight is 292 g/mol. The van der Waals surface area contributed by atoms with Crippen LogP contribution >= 0.6 is 0 Å². The van der Waals surface area contributed by atoms with Crippen LogP contribution < -0.4 is 10.2 Å². The largest absolute Gasteiger partial charge is 0.494 e. The molecule has 5 heteroatoms. The summed E-state index contributed by atoms with van der Waals surface area (Å²) in [5.74, 6) is 0.698. The molecule has 1 heterocycles. The Bertz CT molecular complexity index is 489. The molecule has 1 aromatic rings. The molecule has 0 unspecified atom stereocenters. The summed E-state index contributed by atoms with van der Waals surface area (Å²) in [6.07, 6.45) is 0. The van der Waals surface area contributed by atoms with E-state index < -0.39 is 12.7 Å². The molecular weight excluding hydrogens is 267 g/mol. The lowest BCUT2D eigenvalue weighted by Gasteiger charge is -2.32. The molecule has 1 aliphatic heterocycles. The van der Waals surface area contributed by atoms with Crippen molar-refractivity contribution in [1.82, 2.24) is 0 Å². The van der Waals surface area contributed by atoms with Crippen LogP contribution in [0.1, 0.15) is 41.5 Å². The van der Waals surface area contributed by atoms with E-state index in [1.54, 1.807) is 13.8 Å². The van der Waals surface area contributed by atoms with Gasteiger partial charge in [0.25, 0.3) is 0 Å². The number of ether oxygens (including phenoxy) is 1. The molecule has 0 bridgehead atoms. The Labute approximate surface area is 127 Å². The maximum Gasteiger partial charge on any atom is 0.494 e. The minimum absolute atomic E-state index is 0.236. The Morgan fingerprint density at radius 3 is 2.24 bits per heavy atom. The molecule has 4 nitrogen and oxygen atoms in total. The van der Waals surface area contributed by atoms with Gasteiger partial charge in [-0.1, -0.05) is 12.1 Å². The van der Waals surface area contributed by atoms with Crippen molar-refractivity contribution in [3.8, 4) is 5.75 Å². The molecule has 0 atom stereocenters. The lowest BCUT2D eigenvalue weighted by Crippen LogP contribution is -2.41. The van der Waals surface area contributed by atoms with Crippen LogP contribution in [0.3, 0.4) is 0 Å². The maximum absolute atomic E-state index is 9.72. The molecular formula is C16H25BO4. The highest BCUT2D eigenvalue weighted by Gasteiger charge is 2.51. The fourth-order valence-corrected chi connectivity index (χ4v) is 1.99. The number of hydrogen-bond donors (Lipinski definition) is 1. The lowest BCUT2D eigenvalue weighted by atomic mass is 9.79. The van der Waals surface area contributed by atoms with Gasteiger partial charge >= 0.3 is 7.12 Å². The molecule has 116 valence electrons. The lowest BCUT2D eigenvalue weighted by molar-refractivity contribution is 0.00578. The minimum atomic E-state index is -0.861. The fourth-order valence-electron chi connectivity index (χ4n) is 1.99. The normalized spacial score (nSPS) is 20.6. The van der Waals surface area contributed by atoms with Crippen molar-refractivity contribution < 1.29 is 19.2 Å². The van der Waals surface area contributed by atoms with Gasteiger partial charge in [-0.15, -0.1) is 0 Å². The maximum atomic E-state index is 9.72. The van der Waals surface area contributed by atoms with Crippen LogP contribution in [0.25, 0.3) is 0 Å². The van der Waals surface area contributed by atoms with E-state index in [0.717, 1.165) is 5.46 Å². The van der Waals surface area contributed by atoms with Gasteiger partial charge in [-0.2, -0.15) is 0 Å². The summed E-state index contributed by atoms with van der Waals surface area (Å²) in [6, 6.07) is 7.62. The van der Waals surface area contributed by atoms with Gasteiger partial charge in [0.1, 0.15) is 12.4 Å². The van der Waals surface area contributed by atoms with Crippen molar-refractivity contribution in [2.75, 3.05) is 6.61 Å². The molecule has 0 aliphatic carbocycles. The van der Waals surface area contributed by atoms with Crippen molar-refractivity contribution in [3.05, 3.63) is 24.3 Å². The third-order valence-electron chi connectivity index (χ3n) is 3.98. The molecule has 1 fully saturated rings. The predicted molar refractivity (Wildman–Crippen MR) is 84.0 cm³/mol. The standard InChI is InChI=1S/C16H25BO4/c1-14(2,18)11-19-13-9-7-8-12(10-13)17-20-15(3,4)16(5,6)21-17/h7-10,18H,11H2,1-6H3. The van der Waals surface area contributed by atoms with Crippen LogP contribution in [-0.4, -0.2) is 35.6 Å². The van der Waals surface area contributed by atoms with Crippen molar-refractivity contribution in [3.63, 3.8) is 0 Å². The van der Waals surface area contributed by atoms with E-state index in [1.165, 1.54) is 0 Å². The molecule has 0 radical (unpaired) electrons. The molecule has 0 spiro atoms. The highest BCUT2D eigenvalue weighted by Crippen LogP contribution is 2.36. The van der Waals surface area contributed by atoms with E-state index in [-0.39, 0.29) is 17.8 Å². The van der Waals surface area contributed by atoms with E-state index in [9.17, 15) is 5.11 Å². The van der Waals surface area contributed by atoms with Crippen LogP contribution in [0.4, 0.5) is 0 Å². The third kappa shape index (κ3) is 3.79. The Kier molecular flexibility index (Phi) is 4.13. The van der Waals surface area contributed by atoms with E-state index in [2.05, 4.69) is 0 Å². The van der Waals surface area contributed by atoms with Crippen LogP contribution in [0.2, 0.25) is 0 Å². The van der Waals surface area contributed by atoms with Gasteiger partial charge in [0.15, 0.2) is 0 Å². The van der Waals surface area contributed by atoms with Gasteiger partial charge in [0.05, 0.1) is 16.8 Å². The Balaban J connectivity index is 2.12. The first-order valence-electron chi connectivity index (χ1n) is 7.31. The van der Waals surface area contributed by atoms with Crippen LogP contribution in [0.15, 0.2) is 24.3 Å². The van der Waals surface area contributed by atoms with Crippen LogP contribution in [-0.2, 0) is 9.31 Å². The number of benzene rings is 1. The van der Waals surface area contributed by atoms with Gasteiger partial charge in [-0.25, -0.2) is 0 Å². The molecule has 0 amide bonds. The first-order chi connectivity index (χ1) is 9.50. The first kappa shape index (κ1) is 16.3. The highest BCUT2D eigenvalue weighted by molar-refractivity contribution is 6.62. The topological polar surface area (TPSA) is 47.9 Å². The molecule has 1 aliphatic rings. The molecule has 1 saturated heterocycles. The molecule has 0 saturated carbocycles. The number of aliphatic hydroxyl groups is 1. The zero-order valence-electron chi connectivity index (χ0n) is 13.8. The summed E-state index contributed by atoms with van der Waals surface area (Å²) in [7, 11) is -0.402. The van der Waals surface area contributed by atoms with Gasteiger partial charge in [-0.05, 0) is 59.1 Å².